The van der Waals surface area contributed by atoms with E-state index in [9.17, 15) is 0 Å². The van der Waals surface area contributed by atoms with Crippen LogP contribution in [0.5, 0.6) is 0 Å². The maximum absolute atomic E-state index is 4.16. The van der Waals surface area contributed by atoms with Gasteiger partial charge in [-0.25, -0.2) is 0 Å². The van der Waals surface area contributed by atoms with Gasteiger partial charge >= 0.3 is 0 Å². The second-order valence-electron chi connectivity index (χ2n) is 2.02. The molecule has 0 heterocycles. The predicted molar refractivity (Wildman–Crippen MR) is 65.9 cm³/mol. The lowest BCUT2D eigenvalue weighted by Crippen LogP contribution is -1.74. The molecule has 4 heteroatoms. The average molecular weight is 234 g/mol. The molecule has 0 atom stereocenters. The van der Waals surface area contributed by atoms with Crippen LogP contribution in [0.1, 0.15) is 0 Å². The molecule has 1 aromatic rings. The predicted octanol–water partition coefficient (Wildman–Crippen LogP) is 3.65. The fourth-order valence-corrected chi connectivity index (χ4v) is 2.84. The molecule has 0 nitrogen and oxygen atoms in total. The van der Waals surface area contributed by atoms with Crippen LogP contribution >= 0.6 is 48.8 Å². The SMILES string of the molecule is SCSc1cccc(SCS)c1. The van der Waals surface area contributed by atoms with Gasteiger partial charge in [0.1, 0.15) is 0 Å². The summed E-state index contributed by atoms with van der Waals surface area (Å²) in [5.41, 5.74) is 0. The van der Waals surface area contributed by atoms with Gasteiger partial charge in [0.25, 0.3) is 0 Å². The molecule has 0 unspecified atom stereocenters. The van der Waals surface area contributed by atoms with Crippen molar-refractivity contribution in [3.63, 3.8) is 0 Å². The van der Waals surface area contributed by atoms with Gasteiger partial charge in [-0.15, -0.1) is 23.5 Å². The molecule has 0 bridgehead atoms. The molecule has 1 rings (SSSR count). The van der Waals surface area contributed by atoms with Crippen LogP contribution in [0.2, 0.25) is 0 Å². The second-order valence-corrected chi connectivity index (χ2v) is 5.61. The Balaban J connectivity index is 2.67. The quantitative estimate of drug-likeness (QED) is 0.464. The first-order chi connectivity index (χ1) is 5.86. The van der Waals surface area contributed by atoms with Crippen molar-refractivity contribution in [1.29, 1.82) is 0 Å². The van der Waals surface area contributed by atoms with Crippen LogP contribution < -0.4 is 0 Å². The van der Waals surface area contributed by atoms with E-state index in [1.807, 2.05) is 0 Å². The van der Waals surface area contributed by atoms with Gasteiger partial charge in [0.05, 0.1) is 0 Å². The van der Waals surface area contributed by atoms with Crippen LogP contribution in [0.4, 0.5) is 0 Å². The lowest BCUT2D eigenvalue weighted by Gasteiger charge is -2.01. The molecule has 0 saturated carbocycles. The Labute approximate surface area is 92.7 Å². The highest BCUT2D eigenvalue weighted by atomic mass is 32.2. The molecule has 0 aliphatic carbocycles. The number of thiol groups is 2. The van der Waals surface area contributed by atoms with Gasteiger partial charge in [-0.3, -0.25) is 0 Å². The molecule has 0 amide bonds. The third-order valence-corrected chi connectivity index (χ3v) is 3.48. The van der Waals surface area contributed by atoms with Gasteiger partial charge in [0.2, 0.25) is 0 Å². The Hall–Kier alpha value is 0.620. The fraction of sp³-hybridized carbons (Fsp3) is 0.250. The first-order valence-corrected chi connectivity index (χ1v) is 6.68. The molecule has 0 fully saturated rings. The lowest BCUT2D eigenvalue weighted by atomic mass is 10.4. The van der Waals surface area contributed by atoms with Crippen LogP contribution in [-0.4, -0.2) is 10.2 Å². The molecular weight excluding hydrogens is 224 g/mol. The Morgan fingerprint density at radius 1 is 1.00 bits per heavy atom. The van der Waals surface area contributed by atoms with Gasteiger partial charge in [-0.1, -0.05) is 6.07 Å². The monoisotopic (exact) mass is 234 g/mol. The summed E-state index contributed by atoms with van der Waals surface area (Å²) >= 11 is 11.8. The zero-order valence-electron chi connectivity index (χ0n) is 6.43. The van der Waals surface area contributed by atoms with Gasteiger partial charge < -0.3 is 0 Å². The maximum atomic E-state index is 4.16. The van der Waals surface area contributed by atoms with Crippen molar-refractivity contribution in [1.82, 2.24) is 0 Å². The van der Waals surface area contributed by atoms with Crippen LogP contribution in [0.25, 0.3) is 0 Å². The molecule has 0 radical (unpaired) electrons. The van der Waals surface area contributed by atoms with Gasteiger partial charge in [-0.2, -0.15) is 25.3 Å². The van der Waals surface area contributed by atoms with Crippen LogP contribution in [-0.2, 0) is 0 Å². The van der Waals surface area contributed by atoms with E-state index in [0.717, 1.165) is 10.2 Å². The topological polar surface area (TPSA) is 0 Å². The van der Waals surface area contributed by atoms with Crippen molar-refractivity contribution < 1.29 is 0 Å². The highest BCUT2D eigenvalue weighted by Crippen LogP contribution is 2.25. The van der Waals surface area contributed by atoms with Crippen LogP contribution in [0.15, 0.2) is 34.1 Å². The van der Waals surface area contributed by atoms with E-state index in [-0.39, 0.29) is 0 Å². The smallest absolute Gasteiger partial charge is 0.0409 e. The second kappa shape index (κ2) is 6.13. The minimum Gasteiger partial charge on any atom is -0.168 e. The fourth-order valence-electron chi connectivity index (χ4n) is 0.803. The van der Waals surface area contributed by atoms with E-state index in [1.54, 1.807) is 23.5 Å². The molecule has 0 aliphatic rings. The number of rotatable bonds is 4. The van der Waals surface area contributed by atoms with Gasteiger partial charge in [-0.05, 0) is 18.2 Å². The summed E-state index contributed by atoms with van der Waals surface area (Å²) in [5.74, 6) is 0. The Bertz CT molecular complexity index is 215. The third kappa shape index (κ3) is 3.56. The molecule has 0 spiro atoms. The van der Waals surface area contributed by atoms with Gasteiger partial charge in [0.15, 0.2) is 0 Å². The largest absolute Gasteiger partial charge is 0.168 e. The summed E-state index contributed by atoms with van der Waals surface area (Å²) in [4.78, 5) is 2.55. The normalized spacial score (nSPS) is 10.2. The van der Waals surface area contributed by atoms with Crippen molar-refractivity contribution in [3.8, 4) is 0 Å². The lowest BCUT2D eigenvalue weighted by molar-refractivity contribution is 1.34. The summed E-state index contributed by atoms with van der Waals surface area (Å²) in [6.45, 7) is 0. The number of hydrogen-bond acceptors (Lipinski definition) is 4. The molecule has 0 saturated heterocycles. The van der Waals surface area contributed by atoms with E-state index >= 15 is 0 Å². The van der Waals surface area contributed by atoms with E-state index in [0.29, 0.717) is 0 Å². The highest BCUT2D eigenvalue weighted by molar-refractivity contribution is 8.10. The van der Waals surface area contributed by atoms with Gasteiger partial charge in [0, 0.05) is 20.0 Å². The number of thioether (sulfide) groups is 2. The van der Waals surface area contributed by atoms with Crippen molar-refractivity contribution in [3.05, 3.63) is 24.3 Å². The molecule has 66 valence electrons. The summed E-state index contributed by atoms with van der Waals surface area (Å²) in [5, 5.41) is 1.66. The van der Waals surface area contributed by atoms with E-state index in [4.69, 9.17) is 0 Å². The summed E-state index contributed by atoms with van der Waals surface area (Å²) in [6.07, 6.45) is 0. The Kier molecular flexibility index (Phi) is 5.47. The van der Waals surface area contributed by atoms with E-state index in [2.05, 4.69) is 49.5 Å². The zero-order chi connectivity index (χ0) is 8.81. The zero-order valence-corrected chi connectivity index (χ0v) is 9.86. The molecule has 0 N–H and O–H groups in total. The number of benzene rings is 1. The summed E-state index contributed by atoms with van der Waals surface area (Å²) < 4.78 is 0. The third-order valence-electron chi connectivity index (χ3n) is 1.27. The average Bonchev–Trinajstić information content (AvgIpc) is 2.06. The number of hydrogen-bond donors (Lipinski definition) is 2. The Morgan fingerprint density at radius 3 is 1.92 bits per heavy atom. The summed E-state index contributed by atoms with van der Waals surface area (Å²) in [6, 6.07) is 8.44. The molecule has 0 aromatic heterocycles. The standard InChI is InChI=1S/C8H10S4/c9-5-11-7-2-1-3-8(4-7)12-6-10/h1-4,9-10H,5-6H2. The maximum Gasteiger partial charge on any atom is 0.0409 e. The molecule has 0 aliphatic heterocycles. The minimum absolute atomic E-state index is 0.828. The molecule has 12 heavy (non-hydrogen) atoms. The molecule has 1 aromatic carbocycles. The summed E-state index contributed by atoms with van der Waals surface area (Å²) in [7, 11) is 0. The minimum atomic E-state index is 0.828. The van der Waals surface area contributed by atoms with Crippen molar-refractivity contribution >= 4 is 48.8 Å². The van der Waals surface area contributed by atoms with Crippen molar-refractivity contribution in [2.24, 2.45) is 0 Å². The Morgan fingerprint density at radius 2 is 1.50 bits per heavy atom. The van der Waals surface area contributed by atoms with Crippen molar-refractivity contribution in [2.45, 2.75) is 9.79 Å². The van der Waals surface area contributed by atoms with E-state index < -0.39 is 0 Å². The first-order valence-electron chi connectivity index (χ1n) is 3.44. The van der Waals surface area contributed by atoms with Crippen LogP contribution in [0.3, 0.4) is 0 Å². The van der Waals surface area contributed by atoms with Crippen LogP contribution in [0, 0.1) is 0 Å². The molecular formula is C8H10S4. The first kappa shape index (κ1) is 10.7. The highest BCUT2D eigenvalue weighted by Gasteiger charge is 1.94. The van der Waals surface area contributed by atoms with E-state index in [1.165, 1.54) is 9.79 Å². The van der Waals surface area contributed by atoms with Crippen molar-refractivity contribution in [2.75, 3.05) is 10.2 Å².